The smallest absolute Gasteiger partial charge is 0.282 e. The third kappa shape index (κ3) is 5.58. The molecule has 4 aromatic rings. The van der Waals surface area contributed by atoms with E-state index in [1.807, 2.05) is 19.9 Å². The lowest BCUT2D eigenvalue weighted by Crippen LogP contribution is -2.23. The van der Waals surface area contributed by atoms with E-state index in [0.717, 1.165) is 10.0 Å². The van der Waals surface area contributed by atoms with E-state index in [2.05, 4.69) is 26.0 Å². The Bertz CT molecular complexity index is 1500. The van der Waals surface area contributed by atoms with E-state index in [1.165, 1.54) is 23.0 Å². The van der Waals surface area contributed by atoms with Crippen LogP contribution < -0.4 is 10.3 Å². The number of benzene rings is 3. The van der Waals surface area contributed by atoms with Crippen LogP contribution in [0.15, 0.2) is 75.0 Å². The van der Waals surface area contributed by atoms with Crippen molar-refractivity contribution < 1.29 is 9.66 Å². The van der Waals surface area contributed by atoms with E-state index in [4.69, 9.17) is 16.3 Å². The Kier molecular flexibility index (Phi) is 7.28. The molecule has 0 atom stereocenters. The lowest BCUT2D eigenvalue weighted by Gasteiger charge is -2.13. The molecule has 0 aliphatic rings. The molecule has 0 aliphatic carbocycles. The molecular weight excluding hydrogens is 536 g/mol. The first-order valence-electron chi connectivity index (χ1n) is 10.6. The second-order valence-corrected chi connectivity index (χ2v) is 9.39. The SMILES string of the molecule is CC(C)c1nc2ccc(Br)cc2c(=O)n1N=Cc1cc(Cl)ccc1OCc1ccc([N+](=O)[O-])cc1. The summed E-state index contributed by atoms with van der Waals surface area (Å²) in [5, 5.41) is 16.2. The minimum absolute atomic E-state index is 0.00971. The Hall–Kier alpha value is -3.56. The summed E-state index contributed by atoms with van der Waals surface area (Å²) in [7, 11) is 0. The molecule has 4 rings (SSSR count). The fourth-order valence-electron chi connectivity index (χ4n) is 3.40. The average molecular weight is 556 g/mol. The molecule has 3 aromatic carbocycles. The van der Waals surface area contributed by atoms with Crippen molar-refractivity contribution in [1.82, 2.24) is 9.66 Å². The molecule has 35 heavy (non-hydrogen) atoms. The summed E-state index contributed by atoms with van der Waals surface area (Å²) in [5.41, 5.74) is 1.65. The summed E-state index contributed by atoms with van der Waals surface area (Å²) >= 11 is 9.60. The molecule has 0 saturated carbocycles. The highest BCUT2D eigenvalue weighted by atomic mass is 79.9. The maximum Gasteiger partial charge on any atom is 0.282 e. The van der Waals surface area contributed by atoms with Gasteiger partial charge < -0.3 is 4.74 Å². The van der Waals surface area contributed by atoms with E-state index in [9.17, 15) is 14.9 Å². The zero-order chi connectivity index (χ0) is 25.1. The van der Waals surface area contributed by atoms with Gasteiger partial charge in [0.2, 0.25) is 0 Å². The van der Waals surface area contributed by atoms with Gasteiger partial charge >= 0.3 is 0 Å². The van der Waals surface area contributed by atoms with Gasteiger partial charge in [0, 0.05) is 33.1 Å². The van der Waals surface area contributed by atoms with Crippen molar-refractivity contribution in [1.29, 1.82) is 0 Å². The van der Waals surface area contributed by atoms with Crippen LogP contribution in [0.1, 0.15) is 36.7 Å². The van der Waals surface area contributed by atoms with Crippen molar-refractivity contribution in [3.63, 3.8) is 0 Å². The number of non-ortho nitro benzene ring substituents is 1. The number of hydrogen-bond acceptors (Lipinski definition) is 6. The lowest BCUT2D eigenvalue weighted by molar-refractivity contribution is -0.384. The Labute approximate surface area is 214 Å². The van der Waals surface area contributed by atoms with Crippen molar-refractivity contribution in [3.05, 3.63) is 108 Å². The molecule has 178 valence electrons. The number of nitrogens with zero attached hydrogens (tertiary/aromatic N) is 4. The van der Waals surface area contributed by atoms with Gasteiger partial charge in [-0.25, -0.2) is 4.98 Å². The molecule has 0 saturated heterocycles. The topological polar surface area (TPSA) is 99.6 Å². The monoisotopic (exact) mass is 554 g/mol. The first-order chi connectivity index (χ1) is 16.7. The second kappa shape index (κ2) is 10.4. The van der Waals surface area contributed by atoms with E-state index in [1.54, 1.807) is 42.5 Å². The standard InChI is InChI=1S/C25H20BrClN4O4/c1-15(2)24-29-22-9-5-18(26)12-21(22)25(32)30(24)28-13-17-11-19(27)6-10-23(17)35-14-16-3-7-20(8-4-16)31(33)34/h3-13,15H,14H2,1-2H3. The van der Waals surface area contributed by atoms with Crippen molar-refractivity contribution in [2.45, 2.75) is 26.4 Å². The largest absolute Gasteiger partial charge is 0.488 e. The third-order valence-corrected chi connectivity index (χ3v) is 5.90. The van der Waals surface area contributed by atoms with Gasteiger partial charge in [-0.15, -0.1) is 0 Å². The molecule has 0 N–H and O–H groups in total. The maximum atomic E-state index is 13.2. The fraction of sp³-hybridized carbons (Fsp3) is 0.160. The highest BCUT2D eigenvalue weighted by Crippen LogP contribution is 2.24. The minimum Gasteiger partial charge on any atom is -0.488 e. The summed E-state index contributed by atoms with van der Waals surface area (Å²) in [6.07, 6.45) is 1.51. The second-order valence-electron chi connectivity index (χ2n) is 8.04. The predicted molar refractivity (Wildman–Crippen MR) is 140 cm³/mol. The normalized spacial score (nSPS) is 11.5. The number of nitro groups is 1. The molecule has 0 aliphatic heterocycles. The lowest BCUT2D eigenvalue weighted by atomic mass is 10.2. The molecule has 0 bridgehead atoms. The number of halogens is 2. The fourth-order valence-corrected chi connectivity index (χ4v) is 3.94. The van der Waals surface area contributed by atoms with E-state index in [0.29, 0.717) is 33.1 Å². The summed E-state index contributed by atoms with van der Waals surface area (Å²) < 4.78 is 8.00. The number of aromatic nitrogens is 2. The number of rotatable bonds is 7. The van der Waals surface area contributed by atoms with Crippen LogP contribution in [0.3, 0.4) is 0 Å². The highest BCUT2D eigenvalue weighted by molar-refractivity contribution is 9.10. The van der Waals surface area contributed by atoms with Crippen LogP contribution in [0, 0.1) is 10.1 Å². The molecule has 0 unspecified atom stereocenters. The van der Waals surface area contributed by atoms with E-state index >= 15 is 0 Å². The number of fused-ring (bicyclic) bond motifs is 1. The molecule has 1 aromatic heterocycles. The van der Waals surface area contributed by atoms with Gasteiger partial charge in [0.15, 0.2) is 0 Å². The molecular formula is C25H20BrClN4O4. The summed E-state index contributed by atoms with van der Waals surface area (Å²) in [6.45, 7) is 4.07. The van der Waals surface area contributed by atoms with Crippen LogP contribution in [0.25, 0.3) is 10.9 Å². The summed E-state index contributed by atoms with van der Waals surface area (Å²) in [5.74, 6) is 0.966. The van der Waals surface area contributed by atoms with Crippen LogP contribution >= 0.6 is 27.5 Å². The van der Waals surface area contributed by atoms with Gasteiger partial charge in [0.25, 0.3) is 11.2 Å². The molecule has 0 fully saturated rings. The van der Waals surface area contributed by atoms with Crippen LogP contribution in [0.2, 0.25) is 5.02 Å². The molecule has 0 amide bonds. The Morgan fingerprint density at radius 2 is 1.91 bits per heavy atom. The Morgan fingerprint density at radius 1 is 1.17 bits per heavy atom. The molecule has 10 heteroatoms. The van der Waals surface area contributed by atoms with Crippen molar-refractivity contribution in [2.24, 2.45) is 5.10 Å². The van der Waals surface area contributed by atoms with Crippen molar-refractivity contribution in [3.8, 4) is 5.75 Å². The van der Waals surface area contributed by atoms with Gasteiger partial charge in [-0.3, -0.25) is 14.9 Å². The van der Waals surface area contributed by atoms with Crippen molar-refractivity contribution in [2.75, 3.05) is 0 Å². The van der Waals surface area contributed by atoms with E-state index in [-0.39, 0.29) is 23.8 Å². The number of hydrogen-bond donors (Lipinski definition) is 0. The van der Waals surface area contributed by atoms with Crippen LogP contribution in [0.5, 0.6) is 5.75 Å². The quantitative estimate of drug-likeness (QED) is 0.151. The Morgan fingerprint density at radius 3 is 2.60 bits per heavy atom. The summed E-state index contributed by atoms with van der Waals surface area (Å²) in [6, 6.07) is 16.5. The van der Waals surface area contributed by atoms with Gasteiger partial charge in [-0.1, -0.05) is 41.4 Å². The maximum absolute atomic E-state index is 13.2. The van der Waals surface area contributed by atoms with Crippen molar-refractivity contribution >= 4 is 50.3 Å². The molecule has 1 heterocycles. The van der Waals surface area contributed by atoms with Gasteiger partial charge in [-0.05, 0) is 54.1 Å². The highest BCUT2D eigenvalue weighted by Gasteiger charge is 2.14. The Balaban J connectivity index is 1.68. The minimum atomic E-state index is -0.452. The van der Waals surface area contributed by atoms with Gasteiger partial charge in [0.1, 0.15) is 18.2 Å². The molecule has 0 spiro atoms. The first-order valence-corrected chi connectivity index (χ1v) is 11.8. The molecule has 8 nitrogen and oxygen atoms in total. The van der Waals surface area contributed by atoms with E-state index < -0.39 is 4.92 Å². The van der Waals surface area contributed by atoms with Gasteiger partial charge in [0.05, 0.1) is 22.0 Å². The van der Waals surface area contributed by atoms with Crippen LogP contribution in [-0.2, 0) is 6.61 Å². The summed E-state index contributed by atoms with van der Waals surface area (Å²) in [4.78, 5) is 28.3. The zero-order valence-corrected chi connectivity index (χ0v) is 21.2. The third-order valence-electron chi connectivity index (χ3n) is 5.18. The van der Waals surface area contributed by atoms with Crippen LogP contribution in [-0.4, -0.2) is 20.8 Å². The number of ether oxygens (including phenoxy) is 1. The first kappa shape index (κ1) is 24.6. The van der Waals surface area contributed by atoms with Gasteiger partial charge in [-0.2, -0.15) is 9.78 Å². The van der Waals surface area contributed by atoms with Crippen LogP contribution in [0.4, 0.5) is 5.69 Å². The zero-order valence-electron chi connectivity index (χ0n) is 18.8. The predicted octanol–water partition coefficient (Wildman–Crippen LogP) is 6.31. The average Bonchev–Trinajstić information content (AvgIpc) is 2.83. The number of nitro benzene ring substituents is 1. The molecule has 0 radical (unpaired) electrons.